The second-order valence-corrected chi connectivity index (χ2v) is 13.0. The molecule has 2 heterocycles. The van der Waals surface area contributed by atoms with Gasteiger partial charge in [0.2, 0.25) is 0 Å². The van der Waals surface area contributed by atoms with E-state index in [2.05, 4.69) is 6.92 Å². The van der Waals surface area contributed by atoms with Crippen molar-refractivity contribution < 1.29 is 58.2 Å². The molecule has 4 rings (SSSR count). The number of aliphatic hydroxyl groups excluding tert-OH is 2. The molecule has 10 unspecified atom stereocenters. The van der Waals surface area contributed by atoms with Crippen molar-refractivity contribution in [1.82, 2.24) is 0 Å². The highest BCUT2D eigenvalue weighted by atomic mass is 16.7. The Balaban J connectivity index is 1.88. The van der Waals surface area contributed by atoms with Gasteiger partial charge in [-0.1, -0.05) is 51.7 Å². The van der Waals surface area contributed by atoms with Crippen LogP contribution in [0.25, 0.3) is 0 Å². The van der Waals surface area contributed by atoms with E-state index < -0.39 is 89.1 Å². The molecule has 2 fully saturated rings. The largest absolute Gasteiger partial charge is 0.461 e. The standard InChI is InChI=1S/C32H46O12/c1-7-8-9-10-11-12-25(37)42-21-16-23(40-18(2)34)29(4)14-13-22(36)30(5,39)26(29)27(41-19(3)35)32-24(15-20(21)17-33)43-28(38)31(32,6)44-32/h13-15,21-24,26-27,33,36,39H,7-12,16-17H2,1-6H3. The van der Waals surface area contributed by atoms with Crippen LogP contribution in [0.3, 0.4) is 0 Å². The van der Waals surface area contributed by atoms with Crippen LogP contribution in [0.1, 0.15) is 86.5 Å². The van der Waals surface area contributed by atoms with E-state index in [0.717, 1.165) is 25.7 Å². The van der Waals surface area contributed by atoms with Crippen molar-refractivity contribution in [3.05, 3.63) is 23.8 Å². The molecule has 12 nitrogen and oxygen atoms in total. The fourth-order valence-electron chi connectivity index (χ4n) is 7.39. The zero-order valence-electron chi connectivity index (χ0n) is 26.4. The summed E-state index contributed by atoms with van der Waals surface area (Å²) in [7, 11) is 0. The van der Waals surface area contributed by atoms with Crippen molar-refractivity contribution in [3.8, 4) is 0 Å². The Morgan fingerprint density at radius 1 is 1.02 bits per heavy atom. The van der Waals surface area contributed by atoms with Gasteiger partial charge in [-0.15, -0.1) is 0 Å². The number of unbranched alkanes of at least 4 members (excludes halogenated alkanes) is 4. The highest BCUT2D eigenvalue weighted by Crippen LogP contribution is 2.65. The highest BCUT2D eigenvalue weighted by Gasteiger charge is 2.87. The Hall–Kier alpha value is -2.80. The monoisotopic (exact) mass is 622 g/mol. The van der Waals surface area contributed by atoms with Crippen LogP contribution in [-0.4, -0.2) is 93.1 Å². The predicted molar refractivity (Wildman–Crippen MR) is 154 cm³/mol. The third-order valence-corrected chi connectivity index (χ3v) is 9.83. The van der Waals surface area contributed by atoms with E-state index in [0.29, 0.717) is 6.42 Å². The van der Waals surface area contributed by atoms with Gasteiger partial charge in [0.25, 0.3) is 0 Å². The predicted octanol–water partition coefficient (Wildman–Crippen LogP) is 2.20. The number of aliphatic hydroxyl groups is 3. The summed E-state index contributed by atoms with van der Waals surface area (Å²) in [6.45, 7) is 8.37. The average Bonchev–Trinajstić information content (AvgIpc) is 3.52. The molecule has 12 heteroatoms. The summed E-state index contributed by atoms with van der Waals surface area (Å²) in [5.74, 6) is -3.93. The van der Waals surface area contributed by atoms with Gasteiger partial charge in [0.1, 0.15) is 24.4 Å². The lowest BCUT2D eigenvalue weighted by molar-refractivity contribution is -0.215. The fraction of sp³-hybridized carbons (Fsp3) is 0.750. The Bertz CT molecular complexity index is 1210. The van der Waals surface area contributed by atoms with Gasteiger partial charge in [0, 0.05) is 38.0 Å². The minimum Gasteiger partial charge on any atom is -0.461 e. The average molecular weight is 623 g/mol. The second-order valence-electron chi connectivity index (χ2n) is 13.0. The minimum atomic E-state index is -2.01. The number of esters is 4. The van der Waals surface area contributed by atoms with Crippen LogP contribution in [0.5, 0.6) is 0 Å². The molecule has 0 amide bonds. The molecule has 4 aliphatic rings. The third-order valence-electron chi connectivity index (χ3n) is 9.83. The molecule has 2 aliphatic heterocycles. The van der Waals surface area contributed by atoms with E-state index in [4.69, 9.17) is 23.7 Å². The fourth-order valence-corrected chi connectivity index (χ4v) is 7.39. The number of fused-ring (bicyclic) bond motifs is 1. The first-order chi connectivity index (χ1) is 20.6. The lowest BCUT2D eigenvalue weighted by Gasteiger charge is -2.54. The molecule has 2 saturated heterocycles. The van der Waals surface area contributed by atoms with Crippen molar-refractivity contribution in [3.63, 3.8) is 0 Å². The van der Waals surface area contributed by atoms with Gasteiger partial charge in [0.15, 0.2) is 17.3 Å². The summed E-state index contributed by atoms with van der Waals surface area (Å²) in [6, 6.07) is 0. The van der Waals surface area contributed by atoms with Crippen molar-refractivity contribution >= 4 is 23.9 Å². The smallest absolute Gasteiger partial charge is 0.342 e. The Kier molecular flexibility index (Phi) is 9.71. The topological polar surface area (TPSA) is 178 Å². The first kappa shape index (κ1) is 34.1. The summed E-state index contributed by atoms with van der Waals surface area (Å²) >= 11 is 0. The number of hydrogen-bond acceptors (Lipinski definition) is 12. The summed E-state index contributed by atoms with van der Waals surface area (Å²) in [5, 5.41) is 33.5. The van der Waals surface area contributed by atoms with Gasteiger partial charge in [-0.05, 0) is 31.9 Å². The lowest BCUT2D eigenvalue weighted by atomic mass is 9.55. The van der Waals surface area contributed by atoms with Gasteiger partial charge < -0.3 is 39.0 Å². The number of epoxide rings is 1. The van der Waals surface area contributed by atoms with Crippen LogP contribution >= 0.6 is 0 Å². The molecule has 2 aliphatic carbocycles. The zero-order valence-corrected chi connectivity index (χ0v) is 26.4. The molecule has 3 N–H and O–H groups in total. The summed E-state index contributed by atoms with van der Waals surface area (Å²) in [6.07, 6.45) is 2.56. The Labute approximate surface area is 257 Å². The van der Waals surface area contributed by atoms with E-state index >= 15 is 0 Å². The van der Waals surface area contributed by atoms with Crippen LogP contribution < -0.4 is 0 Å². The number of carbonyl (C=O) groups excluding carboxylic acids is 4. The molecule has 0 radical (unpaired) electrons. The molecule has 1 spiro atoms. The maximum Gasteiger partial charge on any atom is 0.342 e. The van der Waals surface area contributed by atoms with E-state index in [-0.39, 0.29) is 18.4 Å². The number of rotatable bonds is 10. The molecule has 0 bridgehead atoms. The van der Waals surface area contributed by atoms with Crippen molar-refractivity contribution in [2.24, 2.45) is 11.3 Å². The van der Waals surface area contributed by atoms with Crippen molar-refractivity contribution in [2.45, 2.75) is 134 Å². The molecule has 0 saturated carbocycles. The van der Waals surface area contributed by atoms with E-state index in [9.17, 15) is 34.5 Å². The number of ether oxygens (including phenoxy) is 5. The summed E-state index contributed by atoms with van der Waals surface area (Å²) in [5.41, 5.74) is -6.53. The maximum atomic E-state index is 13.2. The molecule has 0 aromatic rings. The van der Waals surface area contributed by atoms with Gasteiger partial charge in [0.05, 0.1) is 12.2 Å². The van der Waals surface area contributed by atoms with Crippen LogP contribution in [0.2, 0.25) is 0 Å². The van der Waals surface area contributed by atoms with Crippen molar-refractivity contribution in [2.75, 3.05) is 6.61 Å². The zero-order chi connectivity index (χ0) is 32.7. The number of hydrogen-bond donors (Lipinski definition) is 3. The maximum absolute atomic E-state index is 13.2. The SMILES string of the molecule is CCCCCCCC(=O)OC1CC(OC(C)=O)C2(C)C=CC(O)C(C)(O)C2C(OC(C)=O)C23OC2(C)C(=O)OC3C=C1CO. The molecular weight excluding hydrogens is 576 g/mol. The molecule has 0 aromatic carbocycles. The van der Waals surface area contributed by atoms with Crippen LogP contribution in [0, 0.1) is 11.3 Å². The normalized spacial score (nSPS) is 40.8. The molecule has 246 valence electrons. The first-order valence-electron chi connectivity index (χ1n) is 15.4. The Morgan fingerprint density at radius 3 is 2.27 bits per heavy atom. The van der Waals surface area contributed by atoms with E-state index in [1.54, 1.807) is 13.0 Å². The minimum absolute atomic E-state index is 0.135. The van der Waals surface area contributed by atoms with Gasteiger partial charge in [-0.3, -0.25) is 14.4 Å². The van der Waals surface area contributed by atoms with Gasteiger partial charge >= 0.3 is 23.9 Å². The summed E-state index contributed by atoms with van der Waals surface area (Å²) < 4.78 is 29.5. The van der Waals surface area contributed by atoms with Gasteiger partial charge in [-0.2, -0.15) is 0 Å². The van der Waals surface area contributed by atoms with Crippen LogP contribution in [0.15, 0.2) is 23.8 Å². The van der Waals surface area contributed by atoms with E-state index in [1.165, 1.54) is 39.8 Å². The van der Waals surface area contributed by atoms with Crippen molar-refractivity contribution in [1.29, 1.82) is 0 Å². The van der Waals surface area contributed by atoms with E-state index in [1.807, 2.05) is 0 Å². The van der Waals surface area contributed by atoms with Crippen LogP contribution in [-0.2, 0) is 42.9 Å². The summed E-state index contributed by atoms with van der Waals surface area (Å²) in [4.78, 5) is 51.4. The molecule has 10 atom stereocenters. The lowest BCUT2D eigenvalue weighted by Crippen LogP contribution is -2.67. The molecule has 44 heavy (non-hydrogen) atoms. The second kappa shape index (κ2) is 12.5. The molecular formula is C32H46O12. The quantitative estimate of drug-likeness (QED) is 0.107. The first-order valence-corrected chi connectivity index (χ1v) is 15.4. The number of carbonyl (C=O) groups is 4. The molecule has 0 aromatic heterocycles. The Morgan fingerprint density at radius 2 is 1.68 bits per heavy atom. The third kappa shape index (κ3) is 5.81. The highest BCUT2D eigenvalue weighted by molar-refractivity contribution is 5.89. The van der Waals surface area contributed by atoms with Crippen LogP contribution in [0.4, 0.5) is 0 Å². The van der Waals surface area contributed by atoms with Gasteiger partial charge in [-0.25, -0.2) is 4.79 Å².